The topological polar surface area (TPSA) is 41.4 Å². The summed E-state index contributed by atoms with van der Waals surface area (Å²) in [7, 11) is 1.97. The predicted molar refractivity (Wildman–Crippen MR) is 106 cm³/mol. The first-order valence-corrected chi connectivity index (χ1v) is 10.1. The molecular weight excluding hydrogens is 336 g/mol. The fraction of sp³-hybridized carbons (Fsp3) is 0.545. The first-order valence-electron chi connectivity index (χ1n) is 10.1. The van der Waals surface area contributed by atoms with E-state index in [9.17, 15) is 4.79 Å². The lowest BCUT2D eigenvalue weighted by Crippen LogP contribution is -2.51. The fourth-order valence-corrected chi connectivity index (χ4v) is 4.60. The molecule has 144 valence electrons. The molecule has 2 saturated heterocycles. The van der Waals surface area contributed by atoms with Crippen molar-refractivity contribution in [1.29, 1.82) is 0 Å². The molecule has 0 bridgehead atoms. The van der Waals surface area contributed by atoms with Gasteiger partial charge in [-0.2, -0.15) is 5.10 Å². The van der Waals surface area contributed by atoms with Crippen molar-refractivity contribution >= 4 is 5.91 Å². The molecule has 5 nitrogen and oxygen atoms in total. The zero-order chi connectivity index (χ0) is 18.7. The predicted octanol–water partition coefficient (Wildman–Crippen LogP) is 2.87. The molecule has 2 aromatic rings. The first-order chi connectivity index (χ1) is 13.1. The Morgan fingerprint density at radius 2 is 1.85 bits per heavy atom. The summed E-state index contributed by atoms with van der Waals surface area (Å²) in [5, 5.41) is 4.26. The highest BCUT2D eigenvalue weighted by molar-refractivity contribution is 5.77. The van der Waals surface area contributed by atoms with E-state index in [2.05, 4.69) is 45.4 Å². The number of nitrogens with zero attached hydrogens (tertiary/aromatic N) is 4. The normalized spacial score (nSPS) is 20.3. The van der Waals surface area contributed by atoms with Crippen LogP contribution < -0.4 is 0 Å². The highest BCUT2D eigenvalue weighted by Crippen LogP contribution is 2.40. The molecule has 1 aromatic carbocycles. The summed E-state index contributed by atoms with van der Waals surface area (Å²) in [5.74, 6) is 0.323. The zero-order valence-corrected chi connectivity index (χ0v) is 16.3. The maximum absolute atomic E-state index is 12.5. The van der Waals surface area contributed by atoms with Crippen LogP contribution in [0.1, 0.15) is 36.8 Å². The molecule has 0 radical (unpaired) electrons. The first kappa shape index (κ1) is 18.2. The minimum atomic E-state index is 0.323. The number of carbonyl (C=O) groups excluding carboxylic acids is 1. The molecule has 2 fully saturated rings. The van der Waals surface area contributed by atoms with Crippen molar-refractivity contribution in [3.63, 3.8) is 0 Å². The van der Waals surface area contributed by atoms with Crippen LogP contribution >= 0.6 is 0 Å². The van der Waals surface area contributed by atoms with Gasteiger partial charge < -0.3 is 9.80 Å². The minimum Gasteiger partial charge on any atom is -0.338 e. The number of aryl methyl sites for hydroxylation is 1. The average Bonchev–Trinajstić information content (AvgIpc) is 3.11. The molecule has 2 aliphatic heterocycles. The van der Waals surface area contributed by atoms with E-state index in [1.54, 1.807) is 0 Å². The Labute approximate surface area is 162 Å². The molecule has 4 rings (SSSR count). The number of aromatic nitrogens is 2. The Morgan fingerprint density at radius 3 is 2.56 bits per heavy atom. The van der Waals surface area contributed by atoms with E-state index >= 15 is 0 Å². The second-order valence-electron chi connectivity index (χ2n) is 8.35. The fourth-order valence-electron chi connectivity index (χ4n) is 4.60. The van der Waals surface area contributed by atoms with E-state index in [-0.39, 0.29) is 0 Å². The lowest BCUT2D eigenvalue weighted by Gasteiger charge is -2.47. The van der Waals surface area contributed by atoms with Crippen LogP contribution in [0.15, 0.2) is 42.7 Å². The number of benzene rings is 1. The zero-order valence-electron chi connectivity index (χ0n) is 16.3. The van der Waals surface area contributed by atoms with Gasteiger partial charge in [0.2, 0.25) is 5.91 Å². The Morgan fingerprint density at radius 1 is 1.07 bits per heavy atom. The molecule has 3 heterocycles. The van der Waals surface area contributed by atoms with Crippen LogP contribution in [0.25, 0.3) is 0 Å². The Bertz CT molecular complexity index is 762. The van der Waals surface area contributed by atoms with Gasteiger partial charge in [0.25, 0.3) is 0 Å². The summed E-state index contributed by atoms with van der Waals surface area (Å²) in [6, 6.07) is 10.4. The van der Waals surface area contributed by atoms with Crippen LogP contribution in [0, 0.1) is 5.41 Å². The van der Waals surface area contributed by atoms with Crippen molar-refractivity contribution in [1.82, 2.24) is 19.6 Å². The molecule has 1 amide bonds. The molecular formula is C22H30N4O. The summed E-state index contributed by atoms with van der Waals surface area (Å²) in [5.41, 5.74) is 2.87. The Kier molecular flexibility index (Phi) is 5.30. The van der Waals surface area contributed by atoms with E-state index in [0.29, 0.717) is 17.7 Å². The minimum absolute atomic E-state index is 0.323. The standard InChI is InChI=1S/C22H30N4O/c1-24-16-20(15-23-24)8-12-25-13-10-22(11-14-25)9-7-21(27)26(18-22)17-19-5-3-2-4-6-19/h2-6,15-16H,7-14,17-18H2,1H3. The smallest absolute Gasteiger partial charge is 0.222 e. The summed E-state index contributed by atoms with van der Waals surface area (Å²) >= 11 is 0. The number of rotatable bonds is 5. The quantitative estimate of drug-likeness (QED) is 0.817. The van der Waals surface area contributed by atoms with Crippen molar-refractivity contribution in [2.45, 2.75) is 38.6 Å². The Balaban J connectivity index is 1.31. The van der Waals surface area contributed by atoms with Gasteiger partial charge in [-0.05, 0) is 55.3 Å². The van der Waals surface area contributed by atoms with E-state index in [1.807, 2.05) is 24.0 Å². The third-order valence-corrected chi connectivity index (χ3v) is 6.36. The van der Waals surface area contributed by atoms with E-state index in [4.69, 9.17) is 0 Å². The van der Waals surface area contributed by atoms with Gasteiger partial charge in [0.05, 0.1) is 6.20 Å². The van der Waals surface area contributed by atoms with Gasteiger partial charge in [0.15, 0.2) is 0 Å². The number of hydrogen-bond acceptors (Lipinski definition) is 3. The van der Waals surface area contributed by atoms with E-state index < -0.39 is 0 Å². The number of amides is 1. The van der Waals surface area contributed by atoms with Crippen molar-refractivity contribution in [2.24, 2.45) is 12.5 Å². The van der Waals surface area contributed by atoms with Crippen LogP contribution in [0.2, 0.25) is 0 Å². The van der Waals surface area contributed by atoms with Crippen molar-refractivity contribution in [3.8, 4) is 0 Å². The highest BCUT2D eigenvalue weighted by atomic mass is 16.2. The van der Waals surface area contributed by atoms with Crippen LogP contribution in [-0.2, 0) is 24.8 Å². The largest absolute Gasteiger partial charge is 0.338 e. The number of likely N-dealkylation sites (tertiary alicyclic amines) is 2. The summed E-state index contributed by atoms with van der Waals surface area (Å²) < 4.78 is 1.88. The van der Waals surface area contributed by atoms with Gasteiger partial charge in [-0.3, -0.25) is 9.48 Å². The van der Waals surface area contributed by atoms with Gasteiger partial charge in [0, 0.05) is 39.3 Å². The summed E-state index contributed by atoms with van der Waals surface area (Å²) in [6.07, 6.45) is 9.34. The molecule has 27 heavy (non-hydrogen) atoms. The van der Waals surface area contributed by atoms with E-state index in [1.165, 1.54) is 24.0 Å². The molecule has 0 aliphatic carbocycles. The number of piperidine rings is 2. The van der Waals surface area contributed by atoms with E-state index in [0.717, 1.165) is 45.6 Å². The molecule has 1 spiro atoms. The SMILES string of the molecule is Cn1cc(CCN2CCC3(CCC(=O)N(Cc4ccccc4)C3)CC2)cn1. The maximum Gasteiger partial charge on any atom is 0.222 e. The van der Waals surface area contributed by atoms with Gasteiger partial charge >= 0.3 is 0 Å². The molecule has 2 aliphatic rings. The van der Waals surface area contributed by atoms with Gasteiger partial charge in [-0.25, -0.2) is 0 Å². The monoisotopic (exact) mass is 366 g/mol. The second kappa shape index (κ2) is 7.85. The summed E-state index contributed by atoms with van der Waals surface area (Å²) in [6.45, 7) is 5.08. The molecule has 1 aromatic heterocycles. The van der Waals surface area contributed by atoms with Crippen molar-refractivity contribution in [3.05, 3.63) is 53.9 Å². The van der Waals surface area contributed by atoms with Gasteiger partial charge in [-0.15, -0.1) is 0 Å². The second-order valence-corrected chi connectivity index (χ2v) is 8.35. The highest BCUT2D eigenvalue weighted by Gasteiger charge is 2.40. The number of carbonyl (C=O) groups is 1. The maximum atomic E-state index is 12.5. The molecule has 0 saturated carbocycles. The van der Waals surface area contributed by atoms with Crippen LogP contribution in [0.4, 0.5) is 0 Å². The summed E-state index contributed by atoms with van der Waals surface area (Å²) in [4.78, 5) is 17.1. The number of hydrogen-bond donors (Lipinski definition) is 0. The Hall–Kier alpha value is -2.14. The van der Waals surface area contributed by atoms with Crippen LogP contribution in [0.3, 0.4) is 0 Å². The molecule has 0 unspecified atom stereocenters. The van der Waals surface area contributed by atoms with Crippen LogP contribution in [-0.4, -0.2) is 51.7 Å². The average molecular weight is 367 g/mol. The molecule has 0 atom stereocenters. The third kappa shape index (κ3) is 4.41. The van der Waals surface area contributed by atoms with Gasteiger partial charge in [-0.1, -0.05) is 30.3 Å². The van der Waals surface area contributed by atoms with Crippen molar-refractivity contribution < 1.29 is 4.79 Å². The van der Waals surface area contributed by atoms with Gasteiger partial charge in [0.1, 0.15) is 0 Å². The molecule has 5 heteroatoms. The lowest BCUT2D eigenvalue weighted by atomic mass is 9.72. The van der Waals surface area contributed by atoms with Crippen molar-refractivity contribution in [2.75, 3.05) is 26.2 Å². The third-order valence-electron chi connectivity index (χ3n) is 6.36. The lowest BCUT2D eigenvalue weighted by molar-refractivity contribution is -0.139. The van der Waals surface area contributed by atoms with Crippen LogP contribution in [0.5, 0.6) is 0 Å². The molecule has 0 N–H and O–H groups in total.